The lowest BCUT2D eigenvalue weighted by Crippen LogP contribution is -2.14. The summed E-state index contributed by atoms with van der Waals surface area (Å²) in [6.45, 7) is 0. The molecule has 0 amide bonds. The fourth-order valence-electron chi connectivity index (χ4n) is 2.00. The van der Waals surface area contributed by atoms with E-state index in [4.69, 9.17) is 0 Å². The highest BCUT2D eigenvalue weighted by atomic mass is 16.1. The van der Waals surface area contributed by atoms with Gasteiger partial charge < -0.3 is 9.55 Å². The van der Waals surface area contributed by atoms with Gasteiger partial charge in [-0.25, -0.2) is 0 Å². The van der Waals surface area contributed by atoms with Gasteiger partial charge in [0, 0.05) is 35.6 Å². The average Bonchev–Trinajstić information content (AvgIpc) is 2.71. The molecule has 0 spiro atoms. The van der Waals surface area contributed by atoms with E-state index in [-0.39, 0.29) is 5.56 Å². The maximum atomic E-state index is 11.5. The number of hydrogen-bond donors (Lipinski definition) is 1. The van der Waals surface area contributed by atoms with Gasteiger partial charge in [-0.05, 0) is 24.3 Å². The Bertz CT molecular complexity index is 706. The van der Waals surface area contributed by atoms with Crippen LogP contribution in [0.1, 0.15) is 0 Å². The molecule has 15 heavy (non-hydrogen) atoms. The quantitative estimate of drug-likeness (QED) is 0.589. The van der Waals surface area contributed by atoms with Crippen LogP contribution >= 0.6 is 0 Å². The van der Waals surface area contributed by atoms with Crippen molar-refractivity contribution in [3.63, 3.8) is 0 Å². The summed E-state index contributed by atoms with van der Waals surface area (Å²) < 4.78 is 1.67. The molecule has 0 aliphatic heterocycles. The second-order valence-electron chi connectivity index (χ2n) is 3.67. The fraction of sp³-hybridized carbons (Fsp3) is 0.0833. The Balaban J connectivity index is 2.66. The minimum atomic E-state index is 0.0254. The maximum Gasteiger partial charge on any atom is 0.250 e. The van der Waals surface area contributed by atoms with Crippen LogP contribution in [0, 0.1) is 0 Å². The summed E-state index contributed by atoms with van der Waals surface area (Å²) in [4.78, 5) is 14.6. The van der Waals surface area contributed by atoms with Crippen molar-refractivity contribution >= 4 is 21.8 Å². The van der Waals surface area contributed by atoms with Gasteiger partial charge >= 0.3 is 0 Å². The van der Waals surface area contributed by atoms with E-state index in [1.165, 1.54) is 0 Å². The molecule has 0 saturated heterocycles. The van der Waals surface area contributed by atoms with Crippen molar-refractivity contribution in [2.75, 3.05) is 0 Å². The van der Waals surface area contributed by atoms with Crippen LogP contribution in [0.4, 0.5) is 0 Å². The zero-order valence-corrected chi connectivity index (χ0v) is 8.32. The Hall–Kier alpha value is -2.03. The molecule has 0 aliphatic carbocycles. The molecule has 0 atom stereocenters. The summed E-state index contributed by atoms with van der Waals surface area (Å²) in [6, 6.07) is 9.48. The third-order valence-corrected chi connectivity index (χ3v) is 2.84. The Morgan fingerprint density at radius 2 is 1.93 bits per heavy atom. The summed E-state index contributed by atoms with van der Waals surface area (Å²) in [7, 11) is 1.79. The molecule has 3 aromatic rings. The molecule has 3 nitrogen and oxygen atoms in total. The predicted octanol–water partition coefficient (Wildman–Crippen LogP) is 2.02. The van der Waals surface area contributed by atoms with Crippen LogP contribution in [0.3, 0.4) is 0 Å². The number of fused-ring (bicyclic) bond motifs is 3. The van der Waals surface area contributed by atoms with Crippen LogP contribution < -0.4 is 5.56 Å². The average molecular weight is 198 g/mol. The molecular formula is C12H10N2O. The number of nitrogens with zero attached hydrogens (tertiary/aromatic N) is 1. The molecule has 0 fully saturated rings. The highest BCUT2D eigenvalue weighted by molar-refractivity contribution is 6.05. The first-order valence-corrected chi connectivity index (χ1v) is 4.83. The van der Waals surface area contributed by atoms with Crippen molar-refractivity contribution < 1.29 is 0 Å². The number of hydrogen-bond acceptors (Lipinski definition) is 1. The first-order chi connectivity index (χ1) is 7.27. The molecule has 3 heteroatoms. The number of aromatic nitrogens is 2. The SMILES string of the molecule is Cn1c(=O)ccc2c3cc[nH]c3ccc21. The van der Waals surface area contributed by atoms with Crippen LogP contribution in [0.15, 0.2) is 41.3 Å². The molecule has 1 aromatic carbocycles. The lowest BCUT2D eigenvalue weighted by Gasteiger charge is -2.04. The molecule has 3 rings (SSSR count). The second kappa shape index (κ2) is 2.73. The van der Waals surface area contributed by atoms with Gasteiger partial charge in [-0.15, -0.1) is 0 Å². The van der Waals surface area contributed by atoms with Gasteiger partial charge in [-0.3, -0.25) is 4.79 Å². The second-order valence-corrected chi connectivity index (χ2v) is 3.67. The molecule has 0 saturated carbocycles. The Morgan fingerprint density at radius 3 is 2.80 bits per heavy atom. The lowest BCUT2D eigenvalue weighted by molar-refractivity contribution is 0.907. The monoisotopic (exact) mass is 198 g/mol. The molecule has 2 aromatic heterocycles. The van der Waals surface area contributed by atoms with Crippen LogP contribution in [0.2, 0.25) is 0 Å². The number of aromatic amines is 1. The lowest BCUT2D eigenvalue weighted by atomic mass is 10.1. The first-order valence-electron chi connectivity index (χ1n) is 4.83. The van der Waals surface area contributed by atoms with Crippen LogP contribution in [-0.2, 0) is 7.05 Å². The zero-order valence-electron chi connectivity index (χ0n) is 8.32. The van der Waals surface area contributed by atoms with Crippen LogP contribution in [0.5, 0.6) is 0 Å². The number of pyridine rings is 1. The molecule has 2 heterocycles. The van der Waals surface area contributed by atoms with E-state index in [1.807, 2.05) is 30.5 Å². The summed E-state index contributed by atoms with van der Waals surface area (Å²) in [5.41, 5.74) is 2.09. The number of H-pyrrole nitrogens is 1. The number of rotatable bonds is 0. The highest BCUT2D eigenvalue weighted by Gasteiger charge is 2.03. The van der Waals surface area contributed by atoms with Crippen molar-refractivity contribution in [2.45, 2.75) is 0 Å². The topological polar surface area (TPSA) is 37.8 Å². The Kier molecular flexibility index (Phi) is 1.51. The number of aryl methyl sites for hydroxylation is 1. The molecule has 0 unspecified atom stereocenters. The van der Waals surface area contributed by atoms with Gasteiger partial charge in [0.05, 0.1) is 5.52 Å². The van der Waals surface area contributed by atoms with E-state index in [9.17, 15) is 4.79 Å². The molecule has 0 bridgehead atoms. The van der Waals surface area contributed by atoms with E-state index >= 15 is 0 Å². The van der Waals surface area contributed by atoms with Gasteiger partial charge in [0.25, 0.3) is 5.56 Å². The van der Waals surface area contributed by atoms with Crippen molar-refractivity contribution in [3.05, 3.63) is 46.9 Å². The van der Waals surface area contributed by atoms with Crippen LogP contribution in [0.25, 0.3) is 21.8 Å². The Morgan fingerprint density at radius 1 is 1.07 bits per heavy atom. The summed E-state index contributed by atoms with van der Waals surface area (Å²) in [5, 5.41) is 2.26. The third kappa shape index (κ3) is 1.03. The minimum absolute atomic E-state index is 0.0254. The first kappa shape index (κ1) is 8.29. The van der Waals surface area contributed by atoms with Gasteiger partial charge in [-0.1, -0.05) is 0 Å². The molecular weight excluding hydrogens is 188 g/mol. The third-order valence-electron chi connectivity index (χ3n) is 2.84. The highest BCUT2D eigenvalue weighted by Crippen LogP contribution is 2.22. The molecule has 0 radical (unpaired) electrons. The standard InChI is InChI=1S/C12H10N2O/c1-14-11-4-3-10-8(6-7-13-10)9(11)2-5-12(14)15/h2-7,13H,1H3. The van der Waals surface area contributed by atoms with E-state index in [0.29, 0.717) is 0 Å². The fourth-order valence-corrected chi connectivity index (χ4v) is 2.00. The smallest absolute Gasteiger partial charge is 0.250 e. The zero-order chi connectivity index (χ0) is 10.4. The number of nitrogens with one attached hydrogen (secondary N) is 1. The van der Waals surface area contributed by atoms with Crippen molar-refractivity contribution in [2.24, 2.45) is 7.05 Å². The van der Waals surface area contributed by atoms with Crippen LogP contribution in [-0.4, -0.2) is 9.55 Å². The predicted molar refractivity (Wildman–Crippen MR) is 61.0 cm³/mol. The van der Waals surface area contributed by atoms with E-state index in [2.05, 4.69) is 4.98 Å². The van der Waals surface area contributed by atoms with Gasteiger partial charge in [-0.2, -0.15) is 0 Å². The van der Waals surface area contributed by atoms with E-state index < -0.39 is 0 Å². The summed E-state index contributed by atoms with van der Waals surface area (Å²) in [5.74, 6) is 0. The molecule has 0 aliphatic rings. The Labute approximate surface area is 86.0 Å². The van der Waals surface area contributed by atoms with Crippen molar-refractivity contribution in [3.8, 4) is 0 Å². The normalized spacial score (nSPS) is 11.3. The summed E-state index contributed by atoms with van der Waals surface area (Å²) >= 11 is 0. The van der Waals surface area contributed by atoms with Crippen molar-refractivity contribution in [1.29, 1.82) is 0 Å². The van der Waals surface area contributed by atoms with E-state index in [0.717, 1.165) is 21.8 Å². The minimum Gasteiger partial charge on any atom is -0.361 e. The van der Waals surface area contributed by atoms with Crippen molar-refractivity contribution in [1.82, 2.24) is 9.55 Å². The van der Waals surface area contributed by atoms with E-state index in [1.54, 1.807) is 17.7 Å². The van der Waals surface area contributed by atoms with Gasteiger partial charge in [0.2, 0.25) is 0 Å². The molecule has 1 N–H and O–H groups in total. The maximum absolute atomic E-state index is 11.5. The summed E-state index contributed by atoms with van der Waals surface area (Å²) in [6.07, 6.45) is 1.91. The largest absolute Gasteiger partial charge is 0.361 e. The van der Waals surface area contributed by atoms with Gasteiger partial charge in [0.15, 0.2) is 0 Å². The number of benzene rings is 1. The van der Waals surface area contributed by atoms with Gasteiger partial charge in [0.1, 0.15) is 0 Å². The molecule has 74 valence electrons.